The lowest BCUT2D eigenvalue weighted by Crippen LogP contribution is -2.30. The van der Waals surface area contributed by atoms with E-state index in [9.17, 15) is 0 Å². The lowest BCUT2D eigenvalue weighted by Gasteiger charge is -2.31. The van der Waals surface area contributed by atoms with Crippen molar-refractivity contribution in [2.75, 3.05) is 17.2 Å². The number of benzene rings is 1. The number of nitrogens with zero attached hydrogens (tertiary/aromatic N) is 1. The van der Waals surface area contributed by atoms with Crippen LogP contribution in [0.3, 0.4) is 0 Å². The van der Waals surface area contributed by atoms with Gasteiger partial charge in [-0.25, -0.2) is 0 Å². The summed E-state index contributed by atoms with van der Waals surface area (Å²) in [4.78, 5) is 5.37. The molecule has 2 N–H and O–H groups in total. The molecule has 0 spiro atoms. The number of hydrogen-bond donors (Lipinski definition) is 1. The van der Waals surface area contributed by atoms with Crippen molar-refractivity contribution < 1.29 is 0 Å². The second-order valence-electron chi connectivity index (χ2n) is 4.93. The molecule has 3 rings (SSSR count). The van der Waals surface area contributed by atoms with E-state index >= 15 is 0 Å². The number of hydrogen-bond acceptors (Lipinski definition) is 4. The van der Waals surface area contributed by atoms with Crippen molar-refractivity contribution in [2.24, 2.45) is 5.73 Å². The van der Waals surface area contributed by atoms with E-state index in [1.807, 2.05) is 23.1 Å². The average molecular weight is 304 g/mol. The van der Waals surface area contributed by atoms with Crippen LogP contribution in [0.5, 0.6) is 0 Å². The highest BCUT2D eigenvalue weighted by atomic mass is 32.2. The fourth-order valence-electron chi connectivity index (χ4n) is 2.80. The minimum absolute atomic E-state index is 0.617. The number of fused-ring (bicyclic) bond motifs is 1. The first kappa shape index (κ1) is 14.0. The summed E-state index contributed by atoms with van der Waals surface area (Å²) in [6.07, 6.45) is 1.15. The van der Waals surface area contributed by atoms with Crippen LogP contribution in [0.2, 0.25) is 0 Å². The van der Waals surface area contributed by atoms with Crippen LogP contribution in [0.15, 0.2) is 34.5 Å². The molecule has 106 valence electrons. The molecule has 0 unspecified atom stereocenters. The molecule has 0 amide bonds. The predicted octanol–water partition coefficient (Wildman–Crippen LogP) is 3.88. The second kappa shape index (κ2) is 6.20. The van der Waals surface area contributed by atoms with Crippen molar-refractivity contribution in [3.8, 4) is 0 Å². The zero-order valence-corrected chi connectivity index (χ0v) is 13.4. The third-order valence-electron chi connectivity index (χ3n) is 3.76. The lowest BCUT2D eigenvalue weighted by molar-refractivity contribution is 0.736. The molecule has 1 aliphatic heterocycles. The third kappa shape index (κ3) is 2.60. The first-order valence-corrected chi connectivity index (χ1v) is 8.95. The van der Waals surface area contributed by atoms with Gasteiger partial charge in [-0.05, 0) is 41.3 Å². The number of thioether (sulfide) groups is 1. The van der Waals surface area contributed by atoms with Crippen LogP contribution >= 0.6 is 23.1 Å². The summed E-state index contributed by atoms with van der Waals surface area (Å²) in [6, 6.07) is 8.84. The van der Waals surface area contributed by atoms with Crippen molar-refractivity contribution >= 4 is 28.8 Å². The second-order valence-corrected chi connectivity index (χ2v) is 7.24. The quantitative estimate of drug-likeness (QED) is 0.869. The summed E-state index contributed by atoms with van der Waals surface area (Å²) < 4.78 is 0. The highest BCUT2D eigenvalue weighted by Crippen LogP contribution is 2.34. The molecule has 0 saturated heterocycles. The number of anilines is 1. The van der Waals surface area contributed by atoms with Gasteiger partial charge < -0.3 is 10.6 Å². The van der Waals surface area contributed by atoms with Crippen LogP contribution < -0.4 is 10.6 Å². The summed E-state index contributed by atoms with van der Waals surface area (Å²) in [6.45, 7) is 4.93. The minimum atomic E-state index is 0.617. The fourth-order valence-corrected chi connectivity index (χ4v) is 4.54. The first-order chi connectivity index (χ1) is 9.83. The molecule has 0 saturated carbocycles. The molecule has 0 aliphatic carbocycles. The minimum Gasteiger partial charge on any atom is -0.367 e. The molecule has 2 heterocycles. The van der Waals surface area contributed by atoms with Crippen molar-refractivity contribution in [1.29, 1.82) is 0 Å². The van der Waals surface area contributed by atoms with Gasteiger partial charge in [-0.2, -0.15) is 0 Å². The maximum atomic E-state index is 6.03. The molecule has 1 aliphatic rings. The largest absolute Gasteiger partial charge is 0.367 e. The van der Waals surface area contributed by atoms with Crippen LogP contribution in [0, 0.1) is 0 Å². The zero-order chi connectivity index (χ0) is 13.9. The van der Waals surface area contributed by atoms with Crippen molar-refractivity contribution in [1.82, 2.24) is 0 Å². The van der Waals surface area contributed by atoms with Gasteiger partial charge in [0.1, 0.15) is 0 Å². The molecule has 1 aromatic carbocycles. The standard InChI is InChI=1S/C16H20N2S2/c1-2-19-16-5-3-4-14(13(16)10-17)18-8-6-15-12(11-18)7-9-20-15/h3-5,7,9H,2,6,8,10-11,17H2,1H3. The van der Waals surface area contributed by atoms with Crippen molar-refractivity contribution in [2.45, 2.75) is 31.3 Å². The number of thiophene rings is 1. The molecule has 2 nitrogen and oxygen atoms in total. The van der Waals surface area contributed by atoms with E-state index in [0.717, 1.165) is 25.3 Å². The first-order valence-electron chi connectivity index (χ1n) is 7.08. The topological polar surface area (TPSA) is 29.3 Å². The maximum absolute atomic E-state index is 6.03. The normalized spacial score (nSPS) is 14.4. The third-order valence-corrected chi connectivity index (χ3v) is 5.77. The van der Waals surface area contributed by atoms with Gasteiger partial charge in [-0.3, -0.25) is 0 Å². The van der Waals surface area contributed by atoms with E-state index in [0.29, 0.717) is 6.54 Å². The van der Waals surface area contributed by atoms with Gasteiger partial charge >= 0.3 is 0 Å². The molecule has 0 bridgehead atoms. The highest BCUT2D eigenvalue weighted by molar-refractivity contribution is 7.99. The molecule has 20 heavy (non-hydrogen) atoms. The van der Waals surface area contributed by atoms with Gasteiger partial charge in [0.15, 0.2) is 0 Å². The van der Waals surface area contributed by atoms with Crippen LogP contribution in [-0.2, 0) is 19.5 Å². The Kier molecular flexibility index (Phi) is 4.34. The number of nitrogens with two attached hydrogens (primary N) is 1. The lowest BCUT2D eigenvalue weighted by atomic mass is 10.1. The fraction of sp³-hybridized carbons (Fsp3) is 0.375. The highest BCUT2D eigenvalue weighted by Gasteiger charge is 2.20. The SMILES string of the molecule is CCSc1cccc(N2CCc3sccc3C2)c1CN. The summed E-state index contributed by atoms with van der Waals surface area (Å²) in [5.41, 5.74) is 10.1. The molecular weight excluding hydrogens is 284 g/mol. The van der Waals surface area contributed by atoms with Gasteiger partial charge in [0, 0.05) is 40.7 Å². The Bertz CT molecular complexity index is 592. The Balaban J connectivity index is 1.92. The molecule has 0 fully saturated rings. The van der Waals surface area contributed by atoms with Crippen molar-refractivity contribution in [3.05, 3.63) is 45.6 Å². The zero-order valence-electron chi connectivity index (χ0n) is 11.8. The van der Waals surface area contributed by atoms with Gasteiger partial charge in [-0.15, -0.1) is 23.1 Å². The van der Waals surface area contributed by atoms with Crippen molar-refractivity contribution in [3.63, 3.8) is 0 Å². The van der Waals surface area contributed by atoms with E-state index in [1.165, 1.54) is 21.7 Å². The maximum Gasteiger partial charge on any atom is 0.0440 e. The Labute approximate surface area is 129 Å². The van der Waals surface area contributed by atoms with Crippen LogP contribution in [0.4, 0.5) is 5.69 Å². The van der Waals surface area contributed by atoms with E-state index in [4.69, 9.17) is 5.73 Å². The molecule has 0 radical (unpaired) electrons. The molecule has 0 atom stereocenters. The summed E-state index contributed by atoms with van der Waals surface area (Å²) in [5, 5.41) is 2.21. The Morgan fingerprint density at radius 3 is 3.05 bits per heavy atom. The molecule has 4 heteroatoms. The number of rotatable bonds is 4. The molecular formula is C16H20N2S2. The van der Waals surface area contributed by atoms with Gasteiger partial charge in [0.2, 0.25) is 0 Å². The summed E-state index contributed by atoms with van der Waals surface area (Å²) in [5.74, 6) is 1.09. The average Bonchev–Trinajstić information content (AvgIpc) is 2.94. The predicted molar refractivity (Wildman–Crippen MR) is 89.8 cm³/mol. The van der Waals surface area contributed by atoms with E-state index < -0.39 is 0 Å². The summed E-state index contributed by atoms with van der Waals surface area (Å²) in [7, 11) is 0. The van der Waals surface area contributed by atoms with Gasteiger partial charge in [0.05, 0.1) is 0 Å². The van der Waals surface area contributed by atoms with Gasteiger partial charge in [-0.1, -0.05) is 13.0 Å². The van der Waals surface area contributed by atoms with Crippen LogP contribution in [0.25, 0.3) is 0 Å². The Morgan fingerprint density at radius 1 is 1.35 bits per heavy atom. The Hall–Kier alpha value is -0.970. The molecule has 1 aromatic heterocycles. The van der Waals surface area contributed by atoms with Crippen LogP contribution in [-0.4, -0.2) is 12.3 Å². The Morgan fingerprint density at radius 2 is 2.25 bits per heavy atom. The smallest absolute Gasteiger partial charge is 0.0440 e. The van der Waals surface area contributed by atoms with E-state index in [1.54, 1.807) is 4.88 Å². The van der Waals surface area contributed by atoms with E-state index in [2.05, 4.69) is 41.5 Å². The van der Waals surface area contributed by atoms with Crippen LogP contribution in [0.1, 0.15) is 22.9 Å². The molecule has 2 aromatic rings. The monoisotopic (exact) mass is 304 g/mol. The van der Waals surface area contributed by atoms with Gasteiger partial charge in [0.25, 0.3) is 0 Å². The van der Waals surface area contributed by atoms with E-state index in [-0.39, 0.29) is 0 Å². The summed E-state index contributed by atoms with van der Waals surface area (Å²) >= 11 is 3.78.